The van der Waals surface area contributed by atoms with Crippen LogP contribution in [0.25, 0.3) is 0 Å². The van der Waals surface area contributed by atoms with Crippen LogP contribution in [0.5, 0.6) is 0 Å². The fraction of sp³-hybridized carbons (Fsp3) is 0.143. The van der Waals surface area contributed by atoms with Crippen molar-refractivity contribution in [3.05, 3.63) is 124 Å². The Bertz CT molecular complexity index is 1150. The monoisotopic (exact) mass is 454 g/mol. The molecule has 4 rings (SSSR count). The lowest BCUT2D eigenvalue weighted by molar-refractivity contribution is 0.0953. The third-order valence-electron chi connectivity index (χ3n) is 5.67. The molecule has 0 bridgehead atoms. The van der Waals surface area contributed by atoms with Crippen molar-refractivity contribution in [1.82, 2.24) is 5.32 Å². The highest BCUT2D eigenvalue weighted by atomic mass is 32.1. The standard InChI is InChI=1S/C28H26N2O2S/c1-30(28(32)26-17-10-20-33-26)25-16-9-8-15-24(25)27(31)29-19-18-23(21-11-4-2-5-12-21)22-13-6-3-7-14-22/h2-17,20,23H,18-19H2,1H3,(H,29,31). The molecular formula is C28H26N2O2S. The van der Waals surface area contributed by atoms with E-state index in [4.69, 9.17) is 0 Å². The molecule has 0 saturated carbocycles. The van der Waals surface area contributed by atoms with Crippen LogP contribution in [0.4, 0.5) is 5.69 Å². The summed E-state index contributed by atoms with van der Waals surface area (Å²) in [4.78, 5) is 28.1. The third-order valence-corrected chi connectivity index (χ3v) is 6.53. The van der Waals surface area contributed by atoms with E-state index in [0.717, 1.165) is 6.42 Å². The van der Waals surface area contributed by atoms with Crippen LogP contribution in [0.3, 0.4) is 0 Å². The van der Waals surface area contributed by atoms with Gasteiger partial charge in [-0.3, -0.25) is 9.59 Å². The highest BCUT2D eigenvalue weighted by molar-refractivity contribution is 7.12. The smallest absolute Gasteiger partial charge is 0.268 e. The number of amides is 2. The van der Waals surface area contributed by atoms with Gasteiger partial charge in [0.25, 0.3) is 11.8 Å². The lowest BCUT2D eigenvalue weighted by Gasteiger charge is -2.21. The molecule has 0 saturated heterocycles. The number of nitrogens with one attached hydrogen (secondary N) is 1. The van der Waals surface area contributed by atoms with E-state index < -0.39 is 0 Å². The fourth-order valence-corrected chi connectivity index (χ4v) is 4.65. The number of rotatable bonds is 8. The minimum atomic E-state index is -0.184. The summed E-state index contributed by atoms with van der Waals surface area (Å²) >= 11 is 1.39. The Balaban J connectivity index is 1.47. The first-order valence-corrected chi connectivity index (χ1v) is 11.8. The van der Waals surface area contributed by atoms with E-state index in [1.165, 1.54) is 27.4 Å². The number of nitrogens with zero attached hydrogens (tertiary/aromatic N) is 1. The molecule has 0 aliphatic rings. The average Bonchev–Trinajstić information content (AvgIpc) is 3.42. The normalized spacial score (nSPS) is 10.7. The number of para-hydroxylation sites is 1. The minimum absolute atomic E-state index is 0.126. The van der Waals surface area contributed by atoms with Crippen molar-refractivity contribution in [2.24, 2.45) is 0 Å². The first kappa shape index (κ1) is 22.5. The maximum Gasteiger partial charge on any atom is 0.268 e. The highest BCUT2D eigenvalue weighted by Gasteiger charge is 2.20. The van der Waals surface area contributed by atoms with Crippen molar-refractivity contribution in [1.29, 1.82) is 0 Å². The first-order valence-electron chi connectivity index (χ1n) is 10.9. The number of hydrogen-bond acceptors (Lipinski definition) is 3. The SMILES string of the molecule is CN(C(=O)c1cccs1)c1ccccc1C(=O)NCCC(c1ccccc1)c1ccccc1. The summed E-state index contributed by atoms with van der Waals surface area (Å²) in [5.74, 6) is -0.124. The predicted molar refractivity (Wildman–Crippen MR) is 135 cm³/mol. The average molecular weight is 455 g/mol. The summed E-state index contributed by atoms with van der Waals surface area (Å²) in [6.07, 6.45) is 0.770. The Morgan fingerprint density at radius 3 is 2.03 bits per heavy atom. The molecule has 0 aliphatic heterocycles. The Morgan fingerprint density at radius 2 is 1.42 bits per heavy atom. The summed E-state index contributed by atoms with van der Waals surface area (Å²) in [5, 5.41) is 4.93. The van der Waals surface area contributed by atoms with Gasteiger partial charge >= 0.3 is 0 Å². The van der Waals surface area contributed by atoms with Crippen LogP contribution in [0.2, 0.25) is 0 Å². The molecule has 1 N–H and O–H groups in total. The van der Waals surface area contributed by atoms with Crippen molar-refractivity contribution in [2.75, 3.05) is 18.5 Å². The third kappa shape index (κ3) is 5.38. The lowest BCUT2D eigenvalue weighted by atomic mass is 9.88. The van der Waals surface area contributed by atoms with Crippen LogP contribution in [-0.4, -0.2) is 25.4 Å². The Hall–Kier alpha value is -3.70. The molecule has 4 aromatic rings. The van der Waals surface area contributed by atoms with Crippen LogP contribution in [0, 0.1) is 0 Å². The van der Waals surface area contributed by atoms with E-state index in [2.05, 4.69) is 29.6 Å². The van der Waals surface area contributed by atoms with E-state index in [1.807, 2.05) is 60.0 Å². The zero-order valence-electron chi connectivity index (χ0n) is 18.5. The summed E-state index contributed by atoms with van der Waals surface area (Å²) in [6.45, 7) is 0.518. The fourth-order valence-electron chi connectivity index (χ4n) is 3.95. The van der Waals surface area contributed by atoms with Gasteiger partial charge in [-0.15, -0.1) is 11.3 Å². The predicted octanol–water partition coefficient (Wildman–Crippen LogP) is 5.98. The molecule has 33 heavy (non-hydrogen) atoms. The molecule has 2 amide bonds. The summed E-state index contributed by atoms with van der Waals surface area (Å²) in [6, 6.07) is 31.5. The maximum atomic E-state index is 13.1. The number of anilines is 1. The Labute approximate surface area is 198 Å². The van der Waals surface area contributed by atoms with E-state index in [1.54, 1.807) is 25.2 Å². The van der Waals surface area contributed by atoms with Crippen molar-refractivity contribution in [3.63, 3.8) is 0 Å². The highest BCUT2D eigenvalue weighted by Crippen LogP contribution is 2.28. The molecule has 1 heterocycles. The van der Waals surface area contributed by atoms with Crippen molar-refractivity contribution in [3.8, 4) is 0 Å². The van der Waals surface area contributed by atoms with E-state index in [-0.39, 0.29) is 17.7 Å². The van der Waals surface area contributed by atoms with Gasteiger partial charge in [-0.1, -0.05) is 78.9 Å². The Kier molecular flexibility index (Phi) is 7.33. The molecule has 1 aromatic heterocycles. The van der Waals surface area contributed by atoms with Crippen LogP contribution < -0.4 is 10.2 Å². The van der Waals surface area contributed by atoms with Gasteiger partial charge in [-0.05, 0) is 41.1 Å². The number of carbonyl (C=O) groups excluding carboxylic acids is 2. The largest absolute Gasteiger partial charge is 0.352 e. The molecule has 3 aromatic carbocycles. The van der Waals surface area contributed by atoms with Gasteiger partial charge < -0.3 is 10.2 Å². The van der Waals surface area contributed by atoms with E-state index >= 15 is 0 Å². The maximum absolute atomic E-state index is 13.1. The molecule has 0 unspecified atom stereocenters. The van der Waals surface area contributed by atoms with E-state index in [9.17, 15) is 9.59 Å². The van der Waals surface area contributed by atoms with Gasteiger partial charge in [0.05, 0.1) is 16.1 Å². The molecule has 5 heteroatoms. The summed E-state index contributed by atoms with van der Waals surface area (Å²) in [5.41, 5.74) is 3.52. The van der Waals surface area contributed by atoms with Gasteiger partial charge in [0.15, 0.2) is 0 Å². The summed E-state index contributed by atoms with van der Waals surface area (Å²) < 4.78 is 0. The van der Waals surface area contributed by atoms with Gasteiger partial charge in [-0.25, -0.2) is 0 Å². The van der Waals surface area contributed by atoms with E-state index in [0.29, 0.717) is 22.7 Å². The van der Waals surface area contributed by atoms with Crippen molar-refractivity contribution < 1.29 is 9.59 Å². The Morgan fingerprint density at radius 1 is 0.818 bits per heavy atom. The quantitative estimate of drug-likeness (QED) is 0.356. The second kappa shape index (κ2) is 10.7. The second-order valence-corrected chi connectivity index (χ2v) is 8.72. The molecule has 0 radical (unpaired) electrons. The molecule has 4 nitrogen and oxygen atoms in total. The number of benzene rings is 3. The lowest BCUT2D eigenvalue weighted by Crippen LogP contribution is -2.31. The zero-order chi connectivity index (χ0) is 23.0. The molecule has 0 aliphatic carbocycles. The van der Waals surface area contributed by atoms with Gasteiger partial charge in [0.2, 0.25) is 0 Å². The number of carbonyl (C=O) groups is 2. The van der Waals surface area contributed by atoms with Gasteiger partial charge in [0.1, 0.15) is 0 Å². The van der Waals surface area contributed by atoms with Crippen molar-refractivity contribution in [2.45, 2.75) is 12.3 Å². The van der Waals surface area contributed by atoms with Crippen molar-refractivity contribution >= 4 is 28.8 Å². The van der Waals surface area contributed by atoms with Crippen LogP contribution in [0.1, 0.15) is 43.5 Å². The number of hydrogen-bond donors (Lipinski definition) is 1. The van der Waals surface area contributed by atoms with Crippen LogP contribution in [0.15, 0.2) is 102 Å². The minimum Gasteiger partial charge on any atom is -0.352 e. The van der Waals surface area contributed by atoms with Crippen LogP contribution >= 0.6 is 11.3 Å². The topological polar surface area (TPSA) is 49.4 Å². The molecule has 0 atom stereocenters. The zero-order valence-corrected chi connectivity index (χ0v) is 19.3. The van der Waals surface area contributed by atoms with Crippen LogP contribution in [-0.2, 0) is 0 Å². The molecule has 166 valence electrons. The molecular weight excluding hydrogens is 428 g/mol. The molecule has 0 fully saturated rings. The number of thiophene rings is 1. The molecule has 0 spiro atoms. The first-order chi connectivity index (χ1) is 16.1. The second-order valence-electron chi connectivity index (χ2n) is 7.78. The van der Waals surface area contributed by atoms with Gasteiger partial charge in [0, 0.05) is 19.5 Å². The van der Waals surface area contributed by atoms with Gasteiger partial charge in [-0.2, -0.15) is 0 Å². The summed E-state index contributed by atoms with van der Waals surface area (Å²) in [7, 11) is 1.70.